The molecule has 3 heterocycles. The Hall–Kier alpha value is -2.88. The molecule has 0 bridgehead atoms. The van der Waals surface area contributed by atoms with Crippen LogP contribution in [0.3, 0.4) is 0 Å². The van der Waals surface area contributed by atoms with Crippen LogP contribution in [-0.2, 0) is 32.3 Å². The van der Waals surface area contributed by atoms with Gasteiger partial charge in [-0.25, -0.2) is 18.3 Å². The first-order valence-electron chi connectivity index (χ1n) is 9.14. The number of aromatic nitrogens is 1. The number of sulfone groups is 1. The number of halogens is 1. The number of pyridine rings is 1. The second-order valence-corrected chi connectivity index (χ2v) is 10.9. The highest BCUT2D eigenvalue weighted by atomic mass is 35.5. The molecule has 0 spiro atoms. The summed E-state index contributed by atoms with van der Waals surface area (Å²) in [6.07, 6.45) is 1.31. The van der Waals surface area contributed by atoms with Crippen molar-refractivity contribution in [2.75, 3.05) is 10.7 Å². The van der Waals surface area contributed by atoms with E-state index in [0.29, 0.717) is 21.0 Å². The van der Waals surface area contributed by atoms with Crippen molar-refractivity contribution in [1.82, 2.24) is 4.98 Å². The highest BCUT2D eigenvalue weighted by Crippen LogP contribution is 2.27. The number of hydrogen-bond acceptors (Lipinski definition) is 7. The van der Waals surface area contributed by atoms with Crippen molar-refractivity contribution in [3.63, 3.8) is 0 Å². The number of hydrogen-bond donors (Lipinski definition) is 0. The van der Waals surface area contributed by atoms with Crippen LogP contribution in [0.5, 0.6) is 0 Å². The van der Waals surface area contributed by atoms with Crippen LogP contribution in [0.2, 0.25) is 4.34 Å². The largest absolute Gasteiger partial charge is 0.298 e. The number of imide groups is 1. The zero-order valence-corrected chi connectivity index (χ0v) is 18.3. The summed E-state index contributed by atoms with van der Waals surface area (Å²) in [5, 5.41) is 0. The predicted octanol–water partition coefficient (Wildman–Crippen LogP) is 3.11. The summed E-state index contributed by atoms with van der Waals surface area (Å²) in [6, 6.07) is 12.8. The number of carbonyl (C=O) groups excluding carboxylic acids is 3. The number of rotatable bonds is 6. The quantitative estimate of drug-likeness (QED) is 0.509. The molecule has 4 rings (SSSR count). The predicted molar refractivity (Wildman–Crippen MR) is 116 cm³/mol. The van der Waals surface area contributed by atoms with E-state index in [1.54, 1.807) is 30.3 Å². The number of carbonyl (C=O) groups is 3. The maximum atomic E-state index is 12.7. The van der Waals surface area contributed by atoms with Crippen molar-refractivity contribution >= 4 is 56.2 Å². The lowest BCUT2D eigenvalue weighted by Crippen LogP contribution is -2.42. The van der Waals surface area contributed by atoms with Gasteiger partial charge in [-0.15, -0.1) is 11.3 Å². The fourth-order valence-corrected chi connectivity index (χ4v) is 6.08. The van der Waals surface area contributed by atoms with Crippen LogP contribution < -0.4 is 4.90 Å². The molecule has 1 aliphatic rings. The van der Waals surface area contributed by atoms with E-state index < -0.39 is 27.3 Å². The maximum Gasteiger partial charge on any atom is 0.266 e. The summed E-state index contributed by atoms with van der Waals surface area (Å²) >= 11 is 6.67. The van der Waals surface area contributed by atoms with Crippen LogP contribution in [0.4, 0.5) is 5.82 Å². The van der Waals surface area contributed by atoms with Crippen molar-refractivity contribution in [2.24, 2.45) is 0 Å². The lowest BCUT2D eigenvalue weighted by molar-refractivity contribution is -0.118. The normalized spacial score (nSPS) is 13.9. The second kappa shape index (κ2) is 8.33. The number of anilines is 1. The minimum absolute atomic E-state index is 0.0433. The molecule has 0 fully saturated rings. The third-order valence-corrected chi connectivity index (χ3v) is 8.18. The van der Waals surface area contributed by atoms with Crippen molar-refractivity contribution in [3.05, 3.63) is 75.8 Å². The summed E-state index contributed by atoms with van der Waals surface area (Å²) in [7, 11) is -3.76. The topological polar surface area (TPSA) is 101 Å². The molecular formula is C21H15ClN2O5S2. The first kappa shape index (κ1) is 21.4. The van der Waals surface area contributed by atoms with Gasteiger partial charge in [0.1, 0.15) is 15.8 Å². The van der Waals surface area contributed by atoms with Gasteiger partial charge in [0.25, 0.3) is 5.91 Å². The molecule has 2 amide bonds. The number of nitrogens with zero attached hydrogens (tertiary/aromatic N) is 2. The Morgan fingerprint density at radius 2 is 1.87 bits per heavy atom. The Labute approximate surface area is 187 Å². The monoisotopic (exact) mass is 474 g/mol. The minimum atomic E-state index is -3.76. The fraction of sp³-hybridized carbons (Fsp3) is 0.143. The first-order chi connectivity index (χ1) is 14.7. The average Bonchev–Trinajstić information content (AvgIpc) is 3.16. The van der Waals surface area contributed by atoms with E-state index in [4.69, 9.17) is 11.6 Å². The molecule has 0 unspecified atom stereocenters. The Kier molecular flexibility index (Phi) is 5.74. The molecule has 1 aliphatic heterocycles. The smallest absolute Gasteiger partial charge is 0.266 e. The second-order valence-electron chi connectivity index (χ2n) is 6.93. The van der Waals surface area contributed by atoms with E-state index in [0.717, 1.165) is 16.2 Å². The maximum absolute atomic E-state index is 12.7. The molecule has 0 radical (unpaired) electrons. The Bertz CT molecular complexity index is 1300. The van der Waals surface area contributed by atoms with Gasteiger partial charge in [-0.3, -0.25) is 14.4 Å². The molecule has 1 aromatic carbocycles. The minimum Gasteiger partial charge on any atom is -0.298 e. The van der Waals surface area contributed by atoms with E-state index >= 15 is 0 Å². The summed E-state index contributed by atoms with van der Waals surface area (Å²) in [4.78, 5) is 42.6. The molecule has 31 heavy (non-hydrogen) atoms. The molecule has 0 atom stereocenters. The van der Waals surface area contributed by atoms with Crippen molar-refractivity contribution in [2.45, 2.75) is 17.1 Å². The molecule has 0 saturated heterocycles. The number of amides is 2. The summed E-state index contributed by atoms with van der Waals surface area (Å²) in [6.45, 7) is 0. The van der Waals surface area contributed by atoms with Crippen LogP contribution in [0.15, 0.2) is 58.9 Å². The SMILES string of the molecule is O=C(Cc1ccc(N2C(=O)Cc3ccccc3C2=O)nc1)CS(=O)(=O)c1ccc(Cl)s1. The van der Waals surface area contributed by atoms with Gasteiger partial charge in [-0.2, -0.15) is 0 Å². The number of ketones is 1. The first-order valence-corrected chi connectivity index (χ1v) is 12.0. The van der Waals surface area contributed by atoms with Crippen molar-refractivity contribution in [1.29, 1.82) is 0 Å². The van der Waals surface area contributed by atoms with Gasteiger partial charge in [0.15, 0.2) is 15.6 Å². The van der Waals surface area contributed by atoms with E-state index in [1.807, 2.05) is 0 Å². The summed E-state index contributed by atoms with van der Waals surface area (Å²) < 4.78 is 25.0. The van der Waals surface area contributed by atoms with Gasteiger partial charge >= 0.3 is 0 Å². The van der Waals surface area contributed by atoms with Crippen LogP contribution in [0, 0.1) is 0 Å². The van der Waals surface area contributed by atoms with Crippen molar-refractivity contribution in [3.8, 4) is 0 Å². The number of fused-ring (bicyclic) bond motifs is 1. The van der Waals surface area contributed by atoms with Crippen LogP contribution in [0.1, 0.15) is 21.5 Å². The van der Waals surface area contributed by atoms with Crippen LogP contribution >= 0.6 is 22.9 Å². The van der Waals surface area contributed by atoms with E-state index in [2.05, 4.69) is 4.98 Å². The third-order valence-electron chi connectivity index (χ3n) is 4.69. The van der Waals surface area contributed by atoms with E-state index in [1.165, 1.54) is 24.4 Å². The molecule has 7 nitrogen and oxygen atoms in total. The van der Waals surface area contributed by atoms with Gasteiger partial charge in [-0.05, 0) is 35.4 Å². The molecular weight excluding hydrogens is 460 g/mol. The fourth-order valence-electron chi connectivity index (χ4n) is 3.27. The number of thiophene rings is 1. The lowest BCUT2D eigenvalue weighted by Gasteiger charge is -2.25. The summed E-state index contributed by atoms with van der Waals surface area (Å²) in [5.41, 5.74) is 1.59. The van der Waals surface area contributed by atoms with Crippen LogP contribution in [0.25, 0.3) is 0 Å². The third kappa shape index (κ3) is 4.43. The highest BCUT2D eigenvalue weighted by molar-refractivity contribution is 7.94. The van der Waals surface area contributed by atoms with Crippen LogP contribution in [-0.4, -0.2) is 36.8 Å². The Morgan fingerprint density at radius 3 is 2.55 bits per heavy atom. The lowest BCUT2D eigenvalue weighted by atomic mass is 9.98. The summed E-state index contributed by atoms with van der Waals surface area (Å²) in [5.74, 6) is -1.84. The van der Waals surface area contributed by atoms with Gasteiger partial charge in [0.05, 0.1) is 10.8 Å². The Morgan fingerprint density at radius 1 is 1.10 bits per heavy atom. The number of benzene rings is 1. The van der Waals surface area contributed by atoms with Gasteiger partial charge in [0, 0.05) is 18.2 Å². The Balaban J connectivity index is 1.47. The zero-order valence-electron chi connectivity index (χ0n) is 15.9. The molecule has 0 N–H and O–H groups in total. The molecule has 0 aliphatic carbocycles. The molecule has 10 heteroatoms. The zero-order chi connectivity index (χ0) is 22.2. The van der Waals surface area contributed by atoms with Crippen molar-refractivity contribution < 1.29 is 22.8 Å². The van der Waals surface area contributed by atoms with E-state index in [-0.39, 0.29) is 28.8 Å². The van der Waals surface area contributed by atoms with Gasteiger partial charge in [0.2, 0.25) is 5.91 Å². The number of Topliss-reactive ketones (excluding diaryl/α,β-unsaturated/α-hetero) is 1. The van der Waals surface area contributed by atoms with E-state index in [9.17, 15) is 22.8 Å². The molecule has 3 aromatic rings. The standard InChI is InChI=1S/C21H15ClN2O5S2/c22-17-6-8-20(30-17)31(28,29)12-15(25)9-13-5-7-18(23-11-13)24-19(26)10-14-3-1-2-4-16(14)21(24)27/h1-8,11H,9-10,12H2. The molecule has 2 aromatic heterocycles. The molecule has 158 valence electrons. The van der Waals surface area contributed by atoms with Gasteiger partial charge in [-0.1, -0.05) is 35.9 Å². The highest BCUT2D eigenvalue weighted by Gasteiger charge is 2.32. The molecule has 0 saturated carbocycles. The van der Waals surface area contributed by atoms with Gasteiger partial charge < -0.3 is 0 Å². The average molecular weight is 475 g/mol.